The van der Waals surface area contributed by atoms with E-state index < -0.39 is 0 Å². The number of ether oxygens (including phenoxy) is 2. The van der Waals surface area contributed by atoms with Crippen LogP contribution in [0.5, 0.6) is 11.5 Å². The molecule has 0 saturated heterocycles. The van der Waals surface area contributed by atoms with Crippen LogP contribution in [-0.2, 0) is 6.42 Å². The van der Waals surface area contributed by atoms with E-state index in [0.29, 0.717) is 18.5 Å². The normalized spacial score (nSPS) is 23.9. The lowest BCUT2D eigenvalue weighted by Crippen LogP contribution is -2.23. The average Bonchev–Trinajstić information content (AvgIpc) is 3.26. The van der Waals surface area contributed by atoms with Gasteiger partial charge in [-0.25, -0.2) is 4.99 Å². The summed E-state index contributed by atoms with van der Waals surface area (Å²) in [7, 11) is 0. The first-order valence-electron chi connectivity index (χ1n) is 9.25. The number of rotatable bonds is 5. The van der Waals surface area contributed by atoms with E-state index >= 15 is 0 Å². The quantitative estimate of drug-likeness (QED) is 0.637. The minimum atomic E-state index is 0.183. The Balaban J connectivity index is 1.50. The van der Waals surface area contributed by atoms with Crippen molar-refractivity contribution in [2.45, 2.75) is 44.8 Å². The summed E-state index contributed by atoms with van der Waals surface area (Å²) in [6, 6.07) is 14.3. The second-order valence-electron chi connectivity index (χ2n) is 6.98. The summed E-state index contributed by atoms with van der Waals surface area (Å²) in [5.74, 6) is 2.73. The fourth-order valence-corrected chi connectivity index (χ4v) is 3.56. The maximum Gasteiger partial charge on any atom is 0.193 e. The molecule has 5 nitrogen and oxygen atoms in total. The molecule has 0 spiro atoms. The predicted molar refractivity (Wildman–Crippen MR) is 104 cm³/mol. The highest BCUT2D eigenvalue weighted by molar-refractivity contribution is 5.92. The van der Waals surface area contributed by atoms with Crippen LogP contribution in [0.2, 0.25) is 0 Å². The van der Waals surface area contributed by atoms with Gasteiger partial charge < -0.3 is 20.5 Å². The molecule has 26 heavy (non-hydrogen) atoms. The van der Waals surface area contributed by atoms with Crippen molar-refractivity contribution in [3.05, 3.63) is 53.6 Å². The van der Waals surface area contributed by atoms with Crippen molar-refractivity contribution in [2.24, 2.45) is 10.7 Å². The zero-order valence-electron chi connectivity index (χ0n) is 15.2. The maximum absolute atomic E-state index is 6.08. The van der Waals surface area contributed by atoms with Crippen LogP contribution < -0.4 is 20.5 Å². The molecule has 1 aliphatic carbocycles. The van der Waals surface area contributed by atoms with Crippen molar-refractivity contribution in [1.82, 2.24) is 0 Å². The summed E-state index contributed by atoms with van der Waals surface area (Å²) in [6.07, 6.45) is 2.15. The molecule has 3 atom stereocenters. The second kappa shape index (κ2) is 6.90. The summed E-state index contributed by atoms with van der Waals surface area (Å²) < 4.78 is 11.8. The SMILES string of the molecule is CCOc1cc2c(cc1C1CC1N=C(N)Nc1ccccc1)OC(C)C2. The molecule has 1 aliphatic heterocycles. The van der Waals surface area contributed by atoms with Crippen LogP contribution in [0.25, 0.3) is 0 Å². The fourth-order valence-electron chi connectivity index (χ4n) is 3.56. The Labute approximate surface area is 154 Å². The van der Waals surface area contributed by atoms with Crippen molar-refractivity contribution in [2.75, 3.05) is 11.9 Å². The lowest BCUT2D eigenvalue weighted by Gasteiger charge is -2.12. The fraction of sp³-hybridized carbons (Fsp3) is 0.381. The molecule has 0 radical (unpaired) electrons. The third-order valence-corrected chi connectivity index (χ3v) is 4.84. The highest BCUT2D eigenvalue weighted by atomic mass is 16.5. The van der Waals surface area contributed by atoms with Crippen LogP contribution in [0.1, 0.15) is 37.3 Å². The van der Waals surface area contributed by atoms with Crippen LogP contribution in [-0.4, -0.2) is 24.7 Å². The first-order valence-corrected chi connectivity index (χ1v) is 9.25. The van der Waals surface area contributed by atoms with Gasteiger partial charge in [-0.05, 0) is 44.5 Å². The Morgan fingerprint density at radius 3 is 2.88 bits per heavy atom. The lowest BCUT2D eigenvalue weighted by molar-refractivity contribution is 0.254. The molecule has 4 rings (SSSR count). The Morgan fingerprint density at radius 1 is 1.31 bits per heavy atom. The summed E-state index contributed by atoms with van der Waals surface area (Å²) in [5, 5.41) is 3.14. The Kier molecular flexibility index (Phi) is 4.45. The first kappa shape index (κ1) is 16.8. The molecule has 2 aromatic rings. The molecule has 0 amide bonds. The number of benzene rings is 2. The molecule has 2 aromatic carbocycles. The third-order valence-electron chi connectivity index (χ3n) is 4.84. The zero-order valence-corrected chi connectivity index (χ0v) is 15.2. The van der Waals surface area contributed by atoms with Crippen molar-refractivity contribution in [3.8, 4) is 11.5 Å². The van der Waals surface area contributed by atoms with Crippen LogP contribution in [0, 0.1) is 0 Å². The van der Waals surface area contributed by atoms with Gasteiger partial charge in [0, 0.05) is 29.2 Å². The molecular formula is C21H25N3O2. The van der Waals surface area contributed by atoms with Crippen LogP contribution >= 0.6 is 0 Å². The van der Waals surface area contributed by atoms with Gasteiger partial charge >= 0.3 is 0 Å². The molecular weight excluding hydrogens is 326 g/mol. The monoisotopic (exact) mass is 351 g/mol. The number of nitrogens with one attached hydrogen (secondary N) is 1. The molecule has 3 N–H and O–H groups in total. The predicted octanol–water partition coefficient (Wildman–Crippen LogP) is 3.69. The van der Waals surface area contributed by atoms with E-state index in [1.165, 1.54) is 11.1 Å². The van der Waals surface area contributed by atoms with Gasteiger partial charge in [-0.3, -0.25) is 0 Å². The highest BCUT2D eigenvalue weighted by Gasteiger charge is 2.41. The smallest absolute Gasteiger partial charge is 0.193 e. The van der Waals surface area contributed by atoms with Crippen molar-refractivity contribution in [3.63, 3.8) is 0 Å². The second-order valence-corrected chi connectivity index (χ2v) is 6.98. The summed E-state index contributed by atoms with van der Waals surface area (Å²) in [4.78, 5) is 4.64. The summed E-state index contributed by atoms with van der Waals surface area (Å²) in [5.41, 5.74) is 9.43. The molecule has 0 bridgehead atoms. The van der Waals surface area contributed by atoms with Gasteiger partial charge in [-0.2, -0.15) is 0 Å². The van der Waals surface area contributed by atoms with Gasteiger partial charge in [0.25, 0.3) is 0 Å². The number of hydrogen-bond donors (Lipinski definition) is 2. The summed E-state index contributed by atoms with van der Waals surface area (Å²) >= 11 is 0. The Morgan fingerprint density at radius 2 is 2.12 bits per heavy atom. The number of fused-ring (bicyclic) bond motifs is 1. The molecule has 3 unspecified atom stereocenters. The molecule has 136 valence electrons. The number of aliphatic imine (C=N–C) groups is 1. The molecule has 1 saturated carbocycles. The number of para-hydroxylation sites is 1. The number of nitrogens with two attached hydrogens (primary N) is 1. The molecule has 5 heteroatoms. The van der Waals surface area contributed by atoms with E-state index in [9.17, 15) is 0 Å². The zero-order chi connectivity index (χ0) is 18.1. The van der Waals surface area contributed by atoms with Crippen molar-refractivity contribution in [1.29, 1.82) is 0 Å². The number of anilines is 1. The van der Waals surface area contributed by atoms with Gasteiger partial charge in [0.1, 0.15) is 17.6 Å². The maximum atomic E-state index is 6.08. The highest BCUT2D eigenvalue weighted by Crippen LogP contribution is 2.49. The molecule has 1 heterocycles. The minimum Gasteiger partial charge on any atom is -0.494 e. The molecule has 1 fully saturated rings. The van der Waals surface area contributed by atoms with Crippen LogP contribution in [0.4, 0.5) is 5.69 Å². The van der Waals surface area contributed by atoms with E-state index in [-0.39, 0.29) is 12.1 Å². The van der Waals surface area contributed by atoms with E-state index in [1.807, 2.05) is 37.3 Å². The van der Waals surface area contributed by atoms with Crippen molar-refractivity contribution >= 4 is 11.6 Å². The van der Waals surface area contributed by atoms with Gasteiger partial charge in [-0.15, -0.1) is 0 Å². The van der Waals surface area contributed by atoms with Crippen LogP contribution in [0.3, 0.4) is 0 Å². The lowest BCUT2D eigenvalue weighted by atomic mass is 10.0. The Hall–Kier alpha value is -2.69. The van der Waals surface area contributed by atoms with Gasteiger partial charge in [0.2, 0.25) is 0 Å². The standard InChI is InChI=1S/C21H25N3O2/c1-3-25-20-10-14-9-13(2)26-19(14)12-17(20)16-11-18(16)24-21(22)23-15-7-5-4-6-8-15/h4-8,10,12-13,16,18H,3,9,11H2,1-2H3,(H3,22,23,24). The molecule has 0 aromatic heterocycles. The van der Waals surface area contributed by atoms with Crippen LogP contribution in [0.15, 0.2) is 47.5 Å². The van der Waals surface area contributed by atoms with Gasteiger partial charge in [0.05, 0.1) is 12.6 Å². The number of nitrogens with zero attached hydrogens (tertiary/aromatic N) is 1. The first-order chi connectivity index (χ1) is 12.6. The van der Waals surface area contributed by atoms with Gasteiger partial charge in [0.15, 0.2) is 5.96 Å². The van der Waals surface area contributed by atoms with E-state index in [4.69, 9.17) is 15.2 Å². The largest absolute Gasteiger partial charge is 0.494 e. The van der Waals surface area contributed by atoms with E-state index in [0.717, 1.165) is 30.0 Å². The Bertz CT molecular complexity index is 820. The van der Waals surface area contributed by atoms with Crippen molar-refractivity contribution < 1.29 is 9.47 Å². The number of hydrogen-bond acceptors (Lipinski definition) is 3. The minimum absolute atomic E-state index is 0.183. The van der Waals surface area contributed by atoms with Gasteiger partial charge in [-0.1, -0.05) is 18.2 Å². The average molecular weight is 351 g/mol. The van der Waals surface area contributed by atoms with E-state index in [1.54, 1.807) is 0 Å². The third kappa shape index (κ3) is 3.47. The van der Waals surface area contributed by atoms with E-state index in [2.05, 4.69) is 29.4 Å². The number of guanidine groups is 1. The summed E-state index contributed by atoms with van der Waals surface area (Å²) in [6.45, 7) is 4.77. The topological polar surface area (TPSA) is 68.9 Å². The molecule has 2 aliphatic rings.